The predicted octanol–water partition coefficient (Wildman–Crippen LogP) is 10.2. The predicted molar refractivity (Wildman–Crippen MR) is 154 cm³/mol. The van der Waals surface area contributed by atoms with Gasteiger partial charge in [-0.15, -0.1) is 0 Å². The number of benzene rings is 1. The van der Waals surface area contributed by atoms with Gasteiger partial charge in [0.2, 0.25) is 0 Å². The van der Waals surface area contributed by atoms with E-state index in [-0.39, 0.29) is 0 Å². The number of aryl methyl sites for hydroxylation is 1. The maximum absolute atomic E-state index is 4.36. The van der Waals surface area contributed by atoms with Gasteiger partial charge in [-0.2, -0.15) is 0 Å². The molecule has 0 saturated carbocycles. The van der Waals surface area contributed by atoms with Crippen LogP contribution in [0.5, 0.6) is 0 Å². The maximum atomic E-state index is 4.36. The van der Waals surface area contributed by atoms with Crippen LogP contribution < -0.4 is 5.32 Å². The number of hydrogen-bond donors (Lipinski definition) is 1. The summed E-state index contributed by atoms with van der Waals surface area (Å²) < 4.78 is 0. The molecule has 0 unspecified atom stereocenters. The maximum Gasteiger partial charge on any atom is 0.0258 e. The third-order valence-electron chi connectivity index (χ3n) is 6.19. The van der Waals surface area contributed by atoms with Gasteiger partial charge < -0.3 is 5.32 Å². The van der Waals surface area contributed by atoms with Gasteiger partial charge >= 0.3 is 0 Å². The quantitative estimate of drug-likeness (QED) is 0.178. The van der Waals surface area contributed by atoms with Crippen molar-refractivity contribution in [3.05, 3.63) is 72.5 Å². The molecule has 1 N–H and O–H groups in total. The normalized spacial score (nSPS) is 12.1. The van der Waals surface area contributed by atoms with E-state index in [0.29, 0.717) is 16.9 Å². The smallest absolute Gasteiger partial charge is 0.0258 e. The minimum absolute atomic E-state index is 0.342. The first-order valence-electron chi connectivity index (χ1n) is 13.7. The summed E-state index contributed by atoms with van der Waals surface area (Å²) in [6.07, 6.45) is 14.1. The van der Waals surface area contributed by atoms with E-state index in [0.717, 1.165) is 38.5 Å². The topological polar surface area (TPSA) is 12.0 Å². The van der Waals surface area contributed by atoms with Crippen LogP contribution in [-0.4, -0.2) is 6.04 Å². The molecule has 0 aliphatic rings. The molecule has 0 aromatic heterocycles. The molecule has 1 rings (SSSR count). The lowest BCUT2D eigenvalue weighted by atomic mass is 9.86. The van der Waals surface area contributed by atoms with Crippen molar-refractivity contribution < 1.29 is 0 Å². The average molecular weight is 466 g/mol. The second-order valence-corrected chi connectivity index (χ2v) is 12.9. The van der Waals surface area contributed by atoms with Gasteiger partial charge in [0.1, 0.15) is 0 Å². The van der Waals surface area contributed by atoms with E-state index in [9.17, 15) is 0 Å². The Kier molecular flexibility index (Phi) is 13.6. The molecule has 1 aromatic rings. The van der Waals surface area contributed by atoms with Gasteiger partial charge in [0.15, 0.2) is 0 Å². The summed E-state index contributed by atoms with van der Waals surface area (Å²) >= 11 is 0. The number of allylic oxidation sites excluding steroid dienone is 3. The van der Waals surface area contributed by atoms with Crippen molar-refractivity contribution in [2.45, 2.75) is 125 Å². The standard InChI is InChI=1S/C33H55N/c1-27(25-32(4,5)6)17-13-15-21-31(22-16-14-18-28(2)26-33(7,8)9)34-29(3)23-24-30-19-11-10-12-20-30/h10-12,19-20,31,34H,1-3,13-18,21-26H2,4-9H3. The molecule has 0 fully saturated rings. The highest BCUT2D eigenvalue weighted by molar-refractivity contribution is 5.16. The summed E-state index contributed by atoms with van der Waals surface area (Å²) in [7, 11) is 0. The number of rotatable bonds is 17. The van der Waals surface area contributed by atoms with Crippen LogP contribution in [-0.2, 0) is 6.42 Å². The van der Waals surface area contributed by atoms with Crippen molar-refractivity contribution in [1.82, 2.24) is 5.32 Å². The molecule has 0 atom stereocenters. The molecule has 192 valence electrons. The Morgan fingerprint density at radius 1 is 0.706 bits per heavy atom. The van der Waals surface area contributed by atoms with Gasteiger partial charge in [0.05, 0.1) is 0 Å². The van der Waals surface area contributed by atoms with E-state index in [1.54, 1.807) is 0 Å². The summed E-state index contributed by atoms with van der Waals surface area (Å²) in [6, 6.07) is 11.3. The summed E-state index contributed by atoms with van der Waals surface area (Å²) in [6.45, 7) is 26.8. The molecule has 0 aliphatic heterocycles. The highest BCUT2D eigenvalue weighted by atomic mass is 14.9. The van der Waals surface area contributed by atoms with Crippen LogP contribution in [0.2, 0.25) is 0 Å². The van der Waals surface area contributed by atoms with Gasteiger partial charge in [-0.05, 0) is 80.6 Å². The Balaban J connectivity index is 2.47. The molecule has 34 heavy (non-hydrogen) atoms. The van der Waals surface area contributed by atoms with E-state index < -0.39 is 0 Å². The molecule has 0 bridgehead atoms. The summed E-state index contributed by atoms with van der Waals surface area (Å²) in [5.41, 5.74) is 6.06. The molecular weight excluding hydrogens is 410 g/mol. The van der Waals surface area contributed by atoms with Crippen molar-refractivity contribution in [3.8, 4) is 0 Å². The monoisotopic (exact) mass is 465 g/mol. The molecular formula is C33H55N. The minimum atomic E-state index is 0.342. The van der Waals surface area contributed by atoms with Gasteiger partial charge in [0.25, 0.3) is 0 Å². The van der Waals surface area contributed by atoms with E-state index in [4.69, 9.17) is 0 Å². The first-order chi connectivity index (χ1) is 15.8. The second-order valence-electron chi connectivity index (χ2n) is 12.9. The van der Waals surface area contributed by atoms with Crippen LogP contribution in [0.3, 0.4) is 0 Å². The highest BCUT2D eigenvalue weighted by Gasteiger charge is 2.14. The Labute approximate surface area is 213 Å². The fraction of sp³-hybridized carbons (Fsp3) is 0.636. The molecule has 0 spiro atoms. The van der Waals surface area contributed by atoms with Crippen LogP contribution in [0.1, 0.15) is 118 Å². The second kappa shape index (κ2) is 15.3. The number of unbranched alkanes of at least 4 members (excludes halogenated alkanes) is 2. The largest absolute Gasteiger partial charge is 0.386 e. The average Bonchev–Trinajstić information content (AvgIpc) is 2.70. The zero-order chi connectivity index (χ0) is 25.6. The highest BCUT2D eigenvalue weighted by Crippen LogP contribution is 2.27. The minimum Gasteiger partial charge on any atom is -0.386 e. The molecule has 0 heterocycles. The first kappa shape index (κ1) is 30.3. The molecule has 0 aliphatic carbocycles. The summed E-state index contributed by atoms with van der Waals surface area (Å²) in [5.74, 6) is 0. The van der Waals surface area contributed by atoms with Crippen LogP contribution in [0.4, 0.5) is 0 Å². The zero-order valence-electron chi connectivity index (χ0n) is 23.6. The van der Waals surface area contributed by atoms with E-state index in [1.807, 2.05) is 0 Å². The number of nitrogens with one attached hydrogen (secondary N) is 1. The lowest BCUT2D eigenvalue weighted by molar-refractivity contribution is 0.397. The molecule has 0 saturated heterocycles. The fourth-order valence-electron chi connectivity index (χ4n) is 4.80. The lowest BCUT2D eigenvalue weighted by Crippen LogP contribution is -2.28. The van der Waals surface area contributed by atoms with Crippen molar-refractivity contribution >= 4 is 0 Å². The molecule has 0 amide bonds. The first-order valence-corrected chi connectivity index (χ1v) is 13.7. The number of hydrogen-bond acceptors (Lipinski definition) is 1. The molecule has 1 heteroatoms. The van der Waals surface area contributed by atoms with Crippen molar-refractivity contribution in [2.75, 3.05) is 0 Å². The van der Waals surface area contributed by atoms with Gasteiger partial charge in [-0.3, -0.25) is 0 Å². The Morgan fingerprint density at radius 2 is 1.18 bits per heavy atom. The molecule has 1 aromatic carbocycles. The van der Waals surface area contributed by atoms with Crippen molar-refractivity contribution in [2.24, 2.45) is 10.8 Å². The van der Waals surface area contributed by atoms with Crippen LogP contribution in [0, 0.1) is 10.8 Å². The van der Waals surface area contributed by atoms with Gasteiger partial charge in [-0.1, -0.05) is 116 Å². The Bertz CT molecular complexity index is 690. The van der Waals surface area contributed by atoms with E-state index in [2.05, 4.69) is 96.9 Å². The van der Waals surface area contributed by atoms with E-state index >= 15 is 0 Å². The van der Waals surface area contributed by atoms with Gasteiger partial charge in [0, 0.05) is 11.7 Å². The lowest BCUT2D eigenvalue weighted by Gasteiger charge is -2.23. The Hall–Kier alpha value is -1.76. The van der Waals surface area contributed by atoms with E-state index in [1.165, 1.54) is 60.9 Å². The summed E-state index contributed by atoms with van der Waals surface area (Å²) in [4.78, 5) is 0. The summed E-state index contributed by atoms with van der Waals surface area (Å²) in [5, 5.41) is 3.80. The Morgan fingerprint density at radius 3 is 1.62 bits per heavy atom. The van der Waals surface area contributed by atoms with Crippen molar-refractivity contribution in [3.63, 3.8) is 0 Å². The van der Waals surface area contributed by atoms with Crippen LogP contribution in [0.15, 0.2) is 66.9 Å². The SMILES string of the molecule is C=C(CCCCC(CCCCC(=C)CC(C)(C)C)NC(=C)CCc1ccccc1)CC(C)(C)C. The molecule has 0 radical (unpaired) electrons. The molecule has 1 nitrogen and oxygen atoms in total. The zero-order valence-corrected chi connectivity index (χ0v) is 23.6. The third-order valence-corrected chi connectivity index (χ3v) is 6.19. The fourth-order valence-corrected chi connectivity index (χ4v) is 4.80. The van der Waals surface area contributed by atoms with Gasteiger partial charge in [-0.25, -0.2) is 0 Å². The van der Waals surface area contributed by atoms with Crippen molar-refractivity contribution in [1.29, 1.82) is 0 Å². The van der Waals surface area contributed by atoms with Crippen LogP contribution >= 0.6 is 0 Å². The van der Waals surface area contributed by atoms with Crippen LogP contribution in [0.25, 0.3) is 0 Å². The third kappa shape index (κ3) is 16.8.